The van der Waals surface area contributed by atoms with Crippen molar-refractivity contribution in [2.24, 2.45) is 0 Å². The van der Waals surface area contributed by atoms with Gasteiger partial charge in [0.05, 0.1) is 19.9 Å². The molecular formula is C25H32N2O5. The number of amides is 1. The molecule has 2 heterocycles. The maximum atomic E-state index is 13.5. The minimum absolute atomic E-state index is 0.0877. The number of nitrogens with one attached hydrogen (secondary N) is 1. The Hall–Kier alpha value is -2.83. The first-order valence-electron chi connectivity index (χ1n) is 11.7. The molecule has 2 aliphatic rings. The Morgan fingerprint density at radius 3 is 2.50 bits per heavy atom. The van der Waals surface area contributed by atoms with Crippen LogP contribution in [0, 0.1) is 0 Å². The van der Waals surface area contributed by atoms with Crippen molar-refractivity contribution in [1.29, 1.82) is 0 Å². The van der Waals surface area contributed by atoms with Crippen LogP contribution in [0.4, 0.5) is 0 Å². The van der Waals surface area contributed by atoms with Gasteiger partial charge < -0.3 is 19.0 Å². The minimum Gasteiger partial charge on any atom is -0.467 e. The van der Waals surface area contributed by atoms with E-state index in [1.165, 1.54) is 7.11 Å². The molecule has 0 aliphatic heterocycles. The highest BCUT2D eigenvalue weighted by Gasteiger charge is 2.42. The second kappa shape index (κ2) is 9.76. The number of carbonyl (C=O) groups excluding carboxylic acids is 2. The number of hydrogen-bond donors (Lipinski definition) is 1. The third kappa shape index (κ3) is 4.52. The Morgan fingerprint density at radius 1 is 1.09 bits per heavy atom. The highest BCUT2D eigenvalue weighted by atomic mass is 16.5. The maximum Gasteiger partial charge on any atom is 0.331 e. The largest absolute Gasteiger partial charge is 0.467 e. The van der Waals surface area contributed by atoms with Gasteiger partial charge in [0.15, 0.2) is 0 Å². The predicted molar refractivity (Wildman–Crippen MR) is 120 cm³/mol. The first-order valence-corrected chi connectivity index (χ1v) is 11.7. The average Bonchev–Trinajstić information content (AvgIpc) is 3.29. The van der Waals surface area contributed by atoms with Crippen LogP contribution in [-0.2, 0) is 28.9 Å². The van der Waals surface area contributed by atoms with Gasteiger partial charge in [0.2, 0.25) is 0 Å². The Labute approximate surface area is 188 Å². The number of aryl methyl sites for hydroxylation is 1. The fraction of sp³-hybridized carbons (Fsp3) is 0.560. The lowest BCUT2D eigenvalue weighted by molar-refractivity contribution is -0.149. The van der Waals surface area contributed by atoms with E-state index in [1.54, 1.807) is 23.0 Å². The quantitative estimate of drug-likeness (QED) is 0.715. The number of fused-ring (bicyclic) bond motifs is 1. The topological polar surface area (TPSA) is 90.5 Å². The second-order valence-corrected chi connectivity index (χ2v) is 9.00. The standard InChI is InChI=1S/C25H32N2O5/c1-31-24(30)25(13-7-4-8-14-25)26-22(28)20-16-18-10-5-2-3-6-12-21(18)27(23(20)29)17-19-11-9-15-32-19/h9,11,15-16H,2-8,10,12-14,17H2,1H3,(H,26,28). The average molecular weight is 441 g/mol. The monoisotopic (exact) mass is 440 g/mol. The summed E-state index contributed by atoms with van der Waals surface area (Å²) in [6.07, 6.45) is 11.3. The summed E-state index contributed by atoms with van der Waals surface area (Å²) in [6, 6.07) is 5.39. The zero-order chi connectivity index (χ0) is 22.6. The summed E-state index contributed by atoms with van der Waals surface area (Å²) in [6.45, 7) is 0.289. The molecule has 7 heteroatoms. The molecule has 0 spiro atoms. The predicted octanol–water partition coefficient (Wildman–Crippen LogP) is 3.75. The summed E-state index contributed by atoms with van der Waals surface area (Å²) in [4.78, 5) is 39.5. The summed E-state index contributed by atoms with van der Waals surface area (Å²) in [5, 5.41) is 2.91. The van der Waals surface area contributed by atoms with Gasteiger partial charge in [0.25, 0.3) is 11.5 Å². The fourth-order valence-corrected chi connectivity index (χ4v) is 5.14. The third-order valence-electron chi connectivity index (χ3n) is 6.88. The number of rotatable bonds is 5. The zero-order valence-electron chi connectivity index (χ0n) is 18.8. The number of esters is 1. The van der Waals surface area contributed by atoms with E-state index < -0.39 is 17.4 Å². The van der Waals surface area contributed by atoms with Gasteiger partial charge in [-0.25, -0.2) is 4.79 Å². The van der Waals surface area contributed by atoms with Crippen LogP contribution in [-0.4, -0.2) is 29.1 Å². The van der Waals surface area contributed by atoms with Crippen molar-refractivity contribution in [1.82, 2.24) is 9.88 Å². The fourth-order valence-electron chi connectivity index (χ4n) is 5.14. The van der Waals surface area contributed by atoms with Gasteiger partial charge in [-0.1, -0.05) is 32.1 Å². The van der Waals surface area contributed by atoms with E-state index in [1.807, 2.05) is 6.07 Å². The van der Waals surface area contributed by atoms with Crippen LogP contribution in [0.25, 0.3) is 0 Å². The van der Waals surface area contributed by atoms with E-state index in [-0.39, 0.29) is 17.7 Å². The van der Waals surface area contributed by atoms with Gasteiger partial charge in [0, 0.05) is 5.69 Å². The molecule has 172 valence electrons. The van der Waals surface area contributed by atoms with Crippen molar-refractivity contribution in [3.8, 4) is 0 Å². The molecular weight excluding hydrogens is 408 g/mol. The molecule has 0 aromatic carbocycles. The second-order valence-electron chi connectivity index (χ2n) is 9.00. The molecule has 7 nitrogen and oxygen atoms in total. The third-order valence-corrected chi connectivity index (χ3v) is 6.88. The number of hydrogen-bond acceptors (Lipinski definition) is 5. The number of methoxy groups -OCH3 is 1. The van der Waals surface area contributed by atoms with Crippen molar-refractivity contribution >= 4 is 11.9 Å². The Morgan fingerprint density at radius 2 is 1.81 bits per heavy atom. The highest BCUT2D eigenvalue weighted by Crippen LogP contribution is 2.30. The Balaban J connectivity index is 1.74. The zero-order valence-corrected chi connectivity index (χ0v) is 18.8. The van der Waals surface area contributed by atoms with Crippen LogP contribution < -0.4 is 10.9 Å². The van der Waals surface area contributed by atoms with Crippen LogP contribution in [0.5, 0.6) is 0 Å². The number of pyridine rings is 1. The molecule has 4 rings (SSSR count). The normalized spacial score (nSPS) is 18.2. The molecule has 1 amide bonds. The van der Waals surface area contributed by atoms with Crippen LogP contribution >= 0.6 is 0 Å². The summed E-state index contributed by atoms with van der Waals surface area (Å²) in [5.41, 5.74) is 0.714. The molecule has 32 heavy (non-hydrogen) atoms. The molecule has 1 N–H and O–H groups in total. The van der Waals surface area contributed by atoms with E-state index in [4.69, 9.17) is 9.15 Å². The van der Waals surface area contributed by atoms with E-state index in [9.17, 15) is 14.4 Å². The molecule has 2 aliphatic carbocycles. The molecule has 0 unspecified atom stereocenters. The van der Waals surface area contributed by atoms with Gasteiger partial charge in [-0.2, -0.15) is 0 Å². The number of aromatic nitrogens is 1. The summed E-state index contributed by atoms with van der Waals surface area (Å²) in [7, 11) is 1.34. The Bertz CT molecular complexity index is 1020. The number of ether oxygens (including phenoxy) is 1. The summed E-state index contributed by atoms with van der Waals surface area (Å²) < 4.78 is 12.2. The lowest BCUT2D eigenvalue weighted by Crippen LogP contribution is -2.57. The minimum atomic E-state index is -1.06. The van der Waals surface area contributed by atoms with E-state index in [0.717, 1.165) is 69.0 Å². The SMILES string of the molecule is COC(=O)C1(NC(=O)c2cc3c(n(Cc4ccco4)c2=O)CCCCCC3)CCCCC1. The first kappa shape index (κ1) is 22.4. The first-order chi connectivity index (χ1) is 15.5. The molecule has 2 aromatic heterocycles. The van der Waals surface area contributed by atoms with E-state index >= 15 is 0 Å². The van der Waals surface area contributed by atoms with E-state index in [2.05, 4.69) is 5.32 Å². The molecule has 2 aromatic rings. The Kier molecular flexibility index (Phi) is 6.82. The number of nitrogens with zero attached hydrogens (tertiary/aromatic N) is 1. The van der Waals surface area contributed by atoms with Crippen molar-refractivity contribution in [3.63, 3.8) is 0 Å². The van der Waals surface area contributed by atoms with Crippen LogP contribution in [0.15, 0.2) is 33.7 Å². The van der Waals surface area contributed by atoms with Gasteiger partial charge in [-0.15, -0.1) is 0 Å². The van der Waals surface area contributed by atoms with Gasteiger partial charge in [-0.3, -0.25) is 9.59 Å². The molecule has 0 bridgehead atoms. The van der Waals surface area contributed by atoms with Crippen LogP contribution in [0.3, 0.4) is 0 Å². The van der Waals surface area contributed by atoms with Gasteiger partial charge in [0.1, 0.15) is 16.9 Å². The van der Waals surface area contributed by atoms with Crippen molar-refractivity contribution in [3.05, 3.63) is 57.4 Å². The molecule has 0 saturated heterocycles. The maximum absolute atomic E-state index is 13.5. The van der Waals surface area contributed by atoms with Crippen molar-refractivity contribution < 1.29 is 18.7 Å². The lowest BCUT2D eigenvalue weighted by atomic mass is 9.81. The molecule has 1 saturated carbocycles. The van der Waals surface area contributed by atoms with E-state index in [0.29, 0.717) is 18.6 Å². The highest BCUT2D eigenvalue weighted by molar-refractivity contribution is 5.98. The van der Waals surface area contributed by atoms with Gasteiger partial charge in [-0.05, 0) is 62.3 Å². The molecule has 0 radical (unpaired) electrons. The smallest absolute Gasteiger partial charge is 0.331 e. The van der Waals surface area contributed by atoms with Crippen molar-refractivity contribution in [2.45, 2.75) is 82.7 Å². The molecule has 1 fully saturated rings. The van der Waals surface area contributed by atoms with Crippen LogP contribution in [0.2, 0.25) is 0 Å². The molecule has 0 atom stereocenters. The number of furan rings is 1. The number of carbonyl (C=O) groups is 2. The summed E-state index contributed by atoms with van der Waals surface area (Å²) in [5.74, 6) is -0.264. The van der Waals surface area contributed by atoms with Gasteiger partial charge >= 0.3 is 5.97 Å². The summed E-state index contributed by atoms with van der Waals surface area (Å²) >= 11 is 0. The lowest BCUT2D eigenvalue weighted by Gasteiger charge is -2.35. The van der Waals surface area contributed by atoms with Crippen LogP contribution in [0.1, 0.15) is 85.2 Å². The van der Waals surface area contributed by atoms with Crippen molar-refractivity contribution in [2.75, 3.05) is 7.11 Å².